The van der Waals surface area contributed by atoms with Crippen LogP contribution in [0.15, 0.2) is 0 Å². The predicted octanol–water partition coefficient (Wildman–Crippen LogP) is 1.14. The van der Waals surface area contributed by atoms with Crippen molar-refractivity contribution in [1.29, 1.82) is 0 Å². The molecule has 0 spiro atoms. The van der Waals surface area contributed by atoms with Crippen molar-refractivity contribution in [3.05, 3.63) is 0 Å². The summed E-state index contributed by atoms with van der Waals surface area (Å²) in [5.74, 6) is 2.25. The molecule has 0 amide bonds. The third kappa shape index (κ3) is 3.30. The summed E-state index contributed by atoms with van der Waals surface area (Å²) in [7, 11) is 0. The molecule has 0 saturated carbocycles. The monoisotopic (exact) mass is 197 g/mol. The van der Waals surface area contributed by atoms with Gasteiger partial charge in [0.2, 0.25) is 0 Å². The fourth-order valence-electron chi connectivity index (χ4n) is 1.36. The molecule has 0 bridgehead atoms. The molecule has 0 aromatic rings. The summed E-state index contributed by atoms with van der Waals surface area (Å²) in [5.41, 5.74) is 0. The molecule has 14 heavy (non-hydrogen) atoms. The van der Waals surface area contributed by atoms with Gasteiger partial charge in [0.15, 0.2) is 5.79 Å². The number of hydrogen-bond donors (Lipinski definition) is 1. The molecule has 1 aliphatic heterocycles. The van der Waals surface area contributed by atoms with Crippen LogP contribution in [0.5, 0.6) is 0 Å². The van der Waals surface area contributed by atoms with E-state index in [-0.39, 0.29) is 12.1 Å². The lowest BCUT2D eigenvalue weighted by Gasteiger charge is -2.36. The van der Waals surface area contributed by atoms with E-state index in [9.17, 15) is 0 Å². The van der Waals surface area contributed by atoms with Crippen molar-refractivity contribution in [3.8, 4) is 12.3 Å². The van der Waals surface area contributed by atoms with Gasteiger partial charge in [-0.25, -0.2) is 0 Å². The molecule has 0 aromatic carbocycles. The highest BCUT2D eigenvalue weighted by Crippen LogP contribution is 2.17. The Balaban J connectivity index is 2.32. The van der Waals surface area contributed by atoms with Gasteiger partial charge in [0, 0.05) is 0 Å². The van der Waals surface area contributed by atoms with E-state index < -0.39 is 5.79 Å². The van der Waals surface area contributed by atoms with Crippen molar-refractivity contribution in [3.63, 3.8) is 0 Å². The molecular formula is C11H19NO2. The Bertz CT molecular complexity index is 210. The minimum Gasteiger partial charge on any atom is -0.349 e. The maximum absolute atomic E-state index is 5.51. The standard InChI is InChI=1S/C11H19NO2/c1-5-9(6-2)12-10-7-13-11(3,4)14-8-10/h1,9-10,12H,6-8H2,2-4H3. The summed E-state index contributed by atoms with van der Waals surface area (Å²) >= 11 is 0. The van der Waals surface area contributed by atoms with Crippen LogP contribution in [-0.2, 0) is 9.47 Å². The van der Waals surface area contributed by atoms with E-state index in [1.807, 2.05) is 13.8 Å². The first-order valence-corrected chi connectivity index (χ1v) is 5.07. The lowest BCUT2D eigenvalue weighted by atomic mass is 10.2. The van der Waals surface area contributed by atoms with Gasteiger partial charge in [-0.1, -0.05) is 12.8 Å². The van der Waals surface area contributed by atoms with Gasteiger partial charge in [-0.15, -0.1) is 6.42 Å². The van der Waals surface area contributed by atoms with Crippen molar-refractivity contribution < 1.29 is 9.47 Å². The van der Waals surface area contributed by atoms with E-state index in [1.165, 1.54) is 0 Å². The van der Waals surface area contributed by atoms with Crippen LogP contribution in [0.3, 0.4) is 0 Å². The summed E-state index contributed by atoms with van der Waals surface area (Å²) in [6.45, 7) is 7.21. The summed E-state index contributed by atoms with van der Waals surface area (Å²) < 4.78 is 11.0. The second kappa shape index (κ2) is 4.79. The maximum atomic E-state index is 5.51. The lowest BCUT2D eigenvalue weighted by molar-refractivity contribution is -0.253. The Morgan fingerprint density at radius 3 is 2.50 bits per heavy atom. The first kappa shape index (κ1) is 11.5. The van der Waals surface area contributed by atoms with Gasteiger partial charge in [0.25, 0.3) is 0 Å². The SMILES string of the molecule is C#CC(CC)NC1COC(C)(C)OC1. The summed E-state index contributed by atoms with van der Waals surface area (Å²) in [4.78, 5) is 0. The van der Waals surface area contributed by atoms with Crippen LogP contribution in [0.1, 0.15) is 27.2 Å². The van der Waals surface area contributed by atoms with Gasteiger partial charge in [-0.2, -0.15) is 0 Å². The highest BCUT2D eigenvalue weighted by molar-refractivity contribution is 4.99. The summed E-state index contributed by atoms with van der Waals surface area (Å²) in [6, 6.07) is 0.331. The topological polar surface area (TPSA) is 30.5 Å². The first-order chi connectivity index (χ1) is 6.57. The molecule has 1 unspecified atom stereocenters. The van der Waals surface area contributed by atoms with E-state index in [2.05, 4.69) is 18.2 Å². The van der Waals surface area contributed by atoms with Crippen LogP contribution in [0.25, 0.3) is 0 Å². The number of hydrogen-bond acceptors (Lipinski definition) is 3. The average molecular weight is 197 g/mol. The highest BCUT2D eigenvalue weighted by Gasteiger charge is 2.28. The normalized spacial score (nSPS) is 24.1. The molecule has 0 aliphatic carbocycles. The van der Waals surface area contributed by atoms with E-state index in [0.717, 1.165) is 6.42 Å². The second-order valence-corrected chi connectivity index (χ2v) is 4.01. The third-order valence-electron chi connectivity index (χ3n) is 2.31. The van der Waals surface area contributed by atoms with Crippen molar-refractivity contribution in [1.82, 2.24) is 5.32 Å². The summed E-state index contributed by atoms with van der Waals surface area (Å²) in [6.07, 6.45) is 6.29. The largest absolute Gasteiger partial charge is 0.349 e. The van der Waals surface area contributed by atoms with Gasteiger partial charge in [-0.3, -0.25) is 5.32 Å². The molecule has 1 heterocycles. The number of terminal acetylenes is 1. The van der Waals surface area contributed by atoms with Crippen LogP contribution in [0.2, 0.25) is 0 Å². The van der Waals surface area contributed by atoms with Crippen molar-refractivity contribution in [2.24, 2.45) is 0 Å². The fraction of sp³-hybridized carbons (Fsp3) is 0.818. The molecular weight excluding hydrogens is 178 g/mol. The molecule has 1 rings (SSSR count). The zero-order chi connectivity index (χ0) is 10.6. The Hall–Kier alpha value is -0.560. The molecule has 0 radical (unpaired) electrons. The quantitative estimate of drug-likeness (QED) is 0.688. The molecule has 3 heteroatoms. The van der Waals surface area contributed by atoms with Crippen molar-refractivity contribution >= 4 is 0 Å². The van der Waals surface area contributed by atoms with E-state index in [4.69, 9.17) is 15.9 Å². The van der Waals surface area contributed by atoms with Gasteiger partial charge < -0.3 is 9.47 Å². The molecule has 0 aromatic heterocycles. The summed E-state index contributed by atoms with van der Waals surface area (Å²) in [5, 5.41) is 3.31. The first-order valence-electron chi connectivity index (χ1n) is 5.07. The molecule has 1 N–H and O–H groups in total. The molecule has 1 aliphatic rings. The number of rotatable bonds is 3. The minimum absolute atomic E-state index is 0.119. The highest BCUT2D eigenvalue weighted by atomic mass is 16.7. The van der Waals surface area contributed by atoms with E-state index in [1.54, 1.807) is 0 Å². The van der Waals surface area contributed by atoms with Crippen LogP contribution >= 0.6 is 0 Å². The number of ether oxygens (including phenoxy) is 2. The molecule has 1 saturated heterocycles. The Morgan fingerprint density at radius 2 is 2.07 bits per heavy atom. The third-order valence-corrected chi connectivity index (χ3v) is 2.31. The van der Waals surface area contributed by atoms with E-state index >= 15 is 0 Å². The molecule has 3 nitrogen and oxygen atoms in total. The van der Waals surface area contributed by atoms with Gasteiger partial charge in [0.05, 0.1) is 25.3 Å². The van der Waals surface area contributed by atoms with Gasteiger partial charge >= 0.3 is 0 Å². The molecule has 1 fully saturated rings. The van der Waals surface area contributed by atoms with Crippen molar-refractivity contribution in [2.75, 3.05) is 13.2 Å². The van der Waals surface area contributed by atoms with E-state index in [0.29, 0.717) is 13.2 Å². The zero-order valence-electron chi connectivity index (χ0n) is 9.17. The van der Waals surface area contributed by atoms with Gasteiger partial charge in [-0.05, 0) is 20.3 Å². The predicted molar refractivity (Wildman–Crippen MR) is 55.8 cm³/mol. The minimum atomic E-state index is -0.448. The van der Waals surface area contributed by atoms with Gasteiger partial charge in [0.1, 0.15) is 0 Å². The Morgan fingerprint density at radius 1 is 1.50 bits per heavy atom. The van der Waals surface area contributed by atoms with Crippen molar-refractivity contribution in [2.45, 2.75) is 45.1 Å². The van der Waals surface area contributed by atoms with Crippen LogP contribution in [-0.4, -0.2) is 31.1 Å². The Kier molecular flexibility index (Phi) is 3.94. The smallest absolute Gasteiger partial charge is 0.162 e. The molecule has 1 atom stereocenters. The Labute approximate surface area is 86.2 Å². The second-order valence-electron chi connectivity index (χ2n) is 4.01. The maximum Gasteiger partial charge on any atom is 0.162 e. The fourth-order valence-corrected chi connectivity index (χ4v) is 1.36. The van der Waals surface area contributed by atoms with Crippen LogP contribution < -0.4 is 5.32 Å². The average Bonchev–Trinajstić information content (AvgIpc) is 2.16. The molecule has 80 valence electrons. The zero-order valence-corrected chi connectivity index (χ0v) is 9.17. The van der Waals surface area contributed by atoms with Crippen LogP contribution in [0, 0.1) is 12.3 Å². The lowest BCUT2D eigenvalue weighted by Crippen LogP contribution is -2.51. The van der Waals surface area contributed by atoms with Crippen LogP contribution in [0.4, 0.5) is 0 Å². The number of nitrogens with one attached hydrogen (secondary N) is 1.